The fourth-order valence-corrected chi connectivity index (χ4v) is 9.64. The molecule has 15 nitrogen and oxygen atoms in total. The second kappa shape index (κ2) is 15.3. The molecule has 1 saturated heterocycles. The van der Waals surface area contributed by atoms with Crippen molar-refractivity contribution in [2.24, 2.45) is 5.92 Å². The van der Waals surface area contributed by atoms with Crippen LogP contribution in [0, 0.1) is 12.8 Å². The summed E-state index contributed by atoms with van der Waals surface area (Å²) >= 11 is 0. The molecule has 5 atom stereocenters. The predicted octanol–water partition coefficient (Wildman–Crippen LogP) is 5.09. The van der Waals surface area contributed by atoms with Crippen molar-refractivity contribution < 1.29 is 54.7 Å². The van der Waals surface area contributed by atoms with Gasteiger partial charge in [0.25, 0.3) is 11.8 Å². The number of halogens is 3. The second-order valence-corrected chi connectivity index (χ2v) is 18.1. The number of carbonyl (C=O) groups excluding carboxylic acids is 4. The molecule has 1 aromatic carbocycles. The standard InChI is InChI=1S/C39H45F3N6O9S/c1-21-13-16-29-26(17-21)30-31(57-29)33(45-35(44-30)39(40,41)42)55-24-18-28-32(49)46-38(36(51)47-58(53,54)25-14-15-25)19-22(38)9-5-3-2-4-6-12-27(34(50)48(28)20-24)43-37(52)56-23-10-7-8-11-23/h5,9,13,16-17,22-25,27-28H,2-4,6-8,10-12,14-15,18-20H2,1H3,(H,43,52)(H,46,49)(H,47,51)/t22-,24-,27+,28+,38-/m1/s1. The van der Waals surface area contributed by atoms with Crippen LogP contribution in [0.3, 0.4) is 0 Å². The molecule has 5 aliphatic rings. The molecule has 3 aliphatic carbocycles. The van der Waals surface area contributed by atoms with Gasteiger partial charge in [-0.15, -0.1) is 0 Å². The lowest BCUT2D eigenvalue weighted by Gasteiger charge is -2.30. The number of hydrogen-bond donors (Lipinski definition) is 3. The van der Waals surface area contributed by atoms with Crippen molar-refractivity contribution in [3.8, 4) is 5.88 Å². The van der Waals surface area contributed by atoms with Crippen LogP contribution in [-0.2, 0) is 35.3 Å². The molecular weight excluding hydrogens is 786 g/mol. The molecule has 8 rings (SSSR count). The van der Waals surface area contributed by atoms with Crippen LogP contribution in [-0.4, -0.2) is 88.7 Å². The number of rotatable bonds is 7. The summed E-state index contributed by atoms with van der Waals surface area (Å²) in [5, 5.41) is 5.06. The smallest absolute Gasteiger partial charge is 0.451 e. The Hall–Kier alpha value is -4.94. The zero-order valence-corrected chi connectivity index (χ0v) is 32.6. The summed E-state index contributed by atoms with van der Waals surface area (Å²) in [7, 11) is -3.98. The highest BCUT2D eigenvalue weighted by atomic mass is 32.2. The zero-order valence-electron chi connectivity index (χ0n) is 31.8. The van der Waals surface area contributed by atoms with Gasteiger partial charge in [-0.1, -0.05) is 36.6 Å². The molecule has 3 N–H and O–H groups in total. The first kappa shape index (κ1) is 39.9. The van der Waals surface area contributed by atoms with Gasteiger partial charge in [0.05, 0.1) is 11.8 Å². The van der Waals surface area contributed by atoms with Crippen molar-refractivity contribution in [1.29, 1.82) is 0 Å². The highest BCUT2D eigenvalue weighted by molar-refractivity contribution is 7.91. The quantitative estimate of drug-likeness (QED) is 0.268. The van der Waals surface area contributed by atoms with E-state index in [1.165, 1.54) is 4.90 Å². The number of allylic oxidation sites excluding steroid dienone is 1. The normalized spacial score (nSPS) is 27.3. The average Bonchev–Trinajstić information content (AvgIpc) is 3.98. The first-order valence-corrected chi connectivity index (χ1v) is 21.4. The molecular formula is C39H45F3N6O9S. The van der Waals surface area contributed by atoms with E-state index in [1.54, 1.807) is 31.2 Å². The minimum absolute atomic E-state index is 0.101. The summed E-state index contributed by atoms with van der Waals surface area (Å²) in [5.74, 6) is -4.93. The minimum atomic E-state index is -4.97. The van der Waals surface area contributed by atoms with E-state index in [9.17, 15) is 40.8 Å². The number of aromatic nitrogens is 2. The molecule has 0 bridgehead atoms. The first-order chi connectivity index (χ1) is 27.6. The zero-order chi connectivity index (χ0) is 41.0. The molecule has 2 aromatic heterocycles. The first-order valence-electron chi connectivity index (χ1n) is 19.9. The number of sulfonamides is 1. The van der Waals surface area contributed by atoms with Crippen molar-refractivity contribution in [2.75, 3.05) is 6.54 Å². The van der Waals surface area contributed by atoms with Gasteiger partial charge in [0.2, 0.25) is 33.2 Å². The topological polar surface area (TPSA) is 199 Å². The largest absolute Gasteiger partial charge is 0.470 e. The third kappa shape index (κ3) is 8.18. The number of ether oxygens (including phenoxy) is 2. The lowest BCUT2D eigenvalue weighted by molar-refractivity contribution is -0.145. The highest BCUT2D eigenvalue weighted by Crippen LogP contribution is 2.46. The maximum Gasteiger partial charge on any atom is 0.451 e. The van der Waals surface area contributed by atoms with Gasteiger partial charge < -0.3 is 29.4 Å². The number of furan rings is 1. The summed E-state index contributed by atoms with van der Waals surface area (Å²) in [4.78, 5) is 64.5. The Kier molecular flexibility index (Phi) is 10.5. The van der Waals surface area contributed by atoms with Gasteiger partial charge in [0.15, 0.2) is 0 Å². The molecule has 58 heavy (non-hydrogen) atoms. The Morgan fingerprint density at radius 3 is 2.52 bits per heavy atom. The van der Waals surface area contributed by atoms with E-state index in [4.69, 9.17) is 13.9 Å². The van der Waals surface area contributed by atoms with E-state index in [0.29, 0.717) is 50.3 Å². The third-order valence-electron chi connectivity index (χ3n) is 11.7. The number of hydrogen-bond acceptors (Lipinski definition) is 11. The van der Waals surface area contributed by atoms with Crippen molar-refractivity contribution in [3.05, 3.63) is 41.7 Å². The average molecular weight is 831 g/mol. The van der Waals surface area contributed by atoms with Gasteiger partial charge in [-0.05, 0) is 83.3 Å². The van der Waals surface area contributed by atoms with Crippen LogP contribution in [0.2, 0.25) is 0 Å². The van der Waals surface area contributed by atoms with E-state index in [-0.39, 0.29) is 48.6 Å². The molecule has 4 fully saturated rings. The van der Waals surface area contributed by atoms with Gasteiger partial charge in [-0.25, -0.2) is 18.2 Å². The van der Waals surface area contributed by atoms with Crippen LogP contribution in [0.15, 0.2) is 34.8 Å². The number of alkyl halides is 3. The summed E-state index contributed by atoms with van der Waals surface area (Å²) in [5.41, 5.74) is -0.951. The van der Waals surface area contributed by atoms with E-state index >= 15 is 0 Å². The van der Waals surface area contributed by atoms with Crippen LogP contribution >= 0.6 is 0 Å². The number of alkyl carbamates (subject to hydrolysis) is 1. The van der Waals surface area contributed by atoms with Crippen LogP contribution in [0.1, 0.15) is 94.9 Å². The Morgan fingerprint density at radius 1 is 1.02 bits per heavy atom. The van der Waals surface area contributed by atoms with Crippen molar-refractivity contribution in [1.82, 2.24) is 30.2 Å². The molecule has 4 amide bonds. The van der Waals surface area contributed by atoms with E-state index < -0.39 is 86.6 Å². The van der Waals surface area contributed by atoms with Crippen LogP contribution in [0.5, 0.6) is 5.88 Å². The summed E-state index contributed by atoms with van der Waals surface area (Å²) < 4.78 is 88.1. The molecule has 0 radical (unpaired) electrons. The molecule has 3 aromatic rings. The number of fused-ring (bicyclic) bond motifs is 5. The van der Waals surface area contributed by atoms with E-state index in [1.807, 2.05) is 6.08 Å². The van der Waals surface area contributed by atoms with Gasteiger partial charge in [-0.2, -0.15) is 18.2 Å². The monoisotopic (exact) mass is 830 g/mol. The molecule has 0 spiro atoms. The fourth-order valence-electron chi connectivity index (χ4n) is 8.28. The summed E-state index contributed by atoms with van der Waals surface area (Å²) in [6, 6.07) is 2.44. The van der Waals surface area contributed by atoms with E-state index in [0.717, 1.165) is 24.8 Å². The third-order valence-corrected chi connectivity index (χ3v) is 13.5. The Morgan fingerprint density at radius 2 is 1.78 bits per heavy atom. The Labute approximate surface area is 331 Å². The number of nitrogens with zero attached hydrogens (tertiary/aromatic N) is 3. The molecule has 2 aliphatic heterocycles. The number of carbonyl (C=O) groups is 4. The van der Waals surface area contributed by atoms with Gasteiger partial charge in [0.1, 0.15) is 40.9 Å². The fraction of sp³-hybridized carbons (Fsp3) is 0.590. The number of benzene rings is 1. The Balaban J connectivity index is 1.13. The van der Waals surface area contributed by atoms with Crippen LogP contribution < -0.4 is 20.1 Å². The molecule has 3 saturated carbocycles. The number of amides is 4. The maximum atomic E-state index is 14.6. The van der Waals surface area contributed by atoms with Gasteiger partial charge in [0, 0.05) is 17.7 Å². The van der Waals surface area contributed by atoms with Crippen LogP contribution in [0.4, 0.5) is 18.0 Å². The molecule has 312 valence electrons. The number of nitrogens with one attached hydrogen (secondary N) is 3. The molecule has 4 heterocycles. The van der Waals surface area contributed by atoms with Crippen molar-refractivity contribution in [3.63, 3.8) is 0 Å². The van der Waals surface area contributed by atoms with E-state index in [2.05, 4.69) is 25.3 Å². The SMILES string of the molecule is Cc1ccc2oc3c(O[C@@H]4C[C@H]5C(=O)N[C@]6(C(=O)NS(=O)(=O)C7CC7)C[C@H]6C=CCCCCC[C@H](NC(=O)OC6CCCC6)C(=O)N5C4)nc(C(F)(F)F)nc3c2c1. The summed E-state index contributed by atoms with van der Waals surface area (Å²) in [6.45, 7) is 1.44. The number of aryl methyl sites for hydroxylation is 1. The lowest BCUT2D eigenvalue weighted by Crippen LogP contribution is -2.58. The Bertz CT molecular complexity index is 2270. The molecule has 19 heteroatoms. The van der Waals surface area contributed by atoms with Gasteiger partial charge in [-0.3, -0.25) is 19.1 Å². The maximum absolute atomic E-state index is 14.6. The molecule has 0 unspecified atom stereocenters. The minimum Gasteiger partial charge on any atom is -0.470 e. The van der Waals surface area contributed by atoms with Gasteiger partial charge >= 0.3 is 12.3 Å². The van der Waals surface area contributed by atoms with Crippen LogP contribution in [0.25, 0.3) is 22.1 Å². The van der Waals surface area contributed by atoms with Crippen molar-refractivity contribution >= 4 is 55.9 Å². The highest BCUT2D eigenvalue weighted by Gasteiger charge is 2.62. The summed E-state index contributed by atoms with van der Waals surface area (Å²) in [6.07, 6.45) is 3.10. The lowest BCUT2D eigenvalue weighted by atomic mass is 10.0. The second-order valence-electron chi connectivity index (χ2n) is 16.1. The van der Waals surface area contributed by atoms with Crippen molar-refractivity contribution in [2.45, 2.75) is 132 Å². The predicted molar refractivity (Wildman–Crippen MR) is 201 cm³/mol.